The number of fused-ring (bicyclic) bond motifs is 13. The lowest BCUT2D eigenvalue weighted by atomic mass is 9.97. The number of nitrogens with zero attached hydrogens (tertiary/aromatic N) is 1. The molecule has 0 saturated carbocycles. The van der Waals surface area contributed by atoms with Gasteiger partial charge in [0.1, 0.15) is 0 Å². The molecule has 9 aromatic rings. The number of amides is 2. The molecule has 4 aromatic heterocycles. The minimum atomic E-state index is -2.89. The third-order valence-electron chi connectivity index (χ3n) is 14.5. The third kappa shape index (κ3) is 8.85. The highest BCUT2D eigenvalue weighted by Gasteiger charge is 2.38. The van der Waals surface area contributed by atoms with E-state index in [2.05, 4.69) is 19.9 Å². The van der Waals surface area contributed by atoms with Crippen molar-refractivity contribution in [3.63, 3.8) is 0 Å². The maximum Gasteiger partial charge on any atom is 0.256 e. The Morgan fingerprint density at radius 3 is 0.772 bits per heavy atom. The largest absolute Gasteiger partial charge is 0.354 e. The minimum absolute atomic E-state index is 0.197. The van der Waals surface area contributed by atoms with E-state index in [0.717, 1.165) is 12.1 Å². The molecule has 33 heteroatoms. The van der Waals surface area contributed by atoms with Crippen LogP contribution in [0.1, 0.15) is 32.1 Å². The van der Waals surface area contributed by atoms with Crippen LogP contribution in [0.15, 0.2) is 48.5 Å². The van der Waals surface area contributed by atoms with E-state index in [0.29, 0.717) is 36.4 Å². The predicted molar refractivity (Wildman–Crippen MR) is 272 cm³/mol. The van der Waals surface area contributed by atoms with Crippen molar-refractivity contribution in [3.05, 3.63) is 216 Å². The molecule has 0 radical (unpaired) electrons. The van der Waals surface area contributed by atoms with Gasteiger partial charge in [-0.25, -0.2) is 115 Å². The maximum absolute atomic E-state index is 16.4. The number of hydrogen-bond acceptors (Lipinski definition) is 3. The van der Waals surface area contributed by atoms with Crippen LogP contribution < -0.4 is 10.6 Å². The molecule has 0 fully saturated rings. The zero-order valence-electron chi connectivity index (χ0n) is 43.5. The molecule has 0 atom stereocenters. The molecule has 7 heterocycles. The first kappa shape index (κ1) is 61.2. The molecule has 0 spiro atoms. The number of carbonyl (C=O) groups excluding carboxylic acids is 2. The van der Waals surface area contributed by atoms with E-state index < -0.39 is 280 Å². The van der Waals surface area contributed by atoms with Crippen molar-refractivity contribution in [2.45, 2.75) is 0 Å². The van der Waals surface area contributed by atoms with E-state index in [1.54, 1.807) is 0 Å². The van der Waals surface area contributed by atoms with E-state index in [-0.39, 0.29) is 12.1 Å². The number of carbonyl (C=O) groups is 2. The van der Waals surface area contributed by atoms with Gasteiger partial charge in [-0.15, -0.1) is 0 Å². The molecular weight excluding hydrogens is 1300 g/mol. The van der Waals surface area contributed by atoms with Gasteiger partial charge in [-0.3, -0.25) is 9.59 Å². The van der Waals surface area contributed by atoms with E-state index in [4.69, 9.17) is 0 Å². The van der Waals surface area contributed by atoms with Crippen LogP contribution in [-0.4, -0.2) is 31.8 Å². The Kier molecular flexibility index (Phi) is 14.4. The number of benzene rings is 5. The van der Waals surface area contributed by atoms with Crippen LogP contribution in [0.3, 0.4) is 0 Å². The van der Waals surface area contributed by atoms with E-state index in [1.165, 1.54) is 0 Å². The standard InChI is InChI=1S/C59H15F25N6O2/c60-33-28(34(61)44(71)53(80)43(33)70)23-11-9-22(90-58(11)91)27(32-41(68)51(78)57(84)52(79)42(32)69)20-8-7-18(88-20)25(30-37(64)47(74)55(82)48(75)38(30)65)17-6-5-16(87-17)24(29-35(62)45(72)54(81)46(73)36(29)63)12-10-21(89-59(12)92)26(31-39(66)49(76)56(83)50(77)40(31)67)19-4-2-14(86-19)13-1-3-15(23)85-13/h1-10,86-88H,(H,89,92)(H,90,91). The van der Waals surface area contributed by atoms with Crippen molar-refractivity contribution in [1.82, 2.24) is 19.9 Å². The molecule has 12 rings (SSSR count). The van der Waals surface area contributed by atoms with Gasteiger partial charge < -0.3 is 25.6 Å². The summed E-state index contributed by atoms with van der Waals surface area (Å²) in [6.07, 6.45) is 1.35. The molecule has 0 saturated heterocycles. The summed E-state index contributed by atoms with van der Waals surface area (Å²) in [5.41, 5.74) is -32.2. The Morgan fingerprint density at radius 1 is 0.228 bits per heavy atom. The molecule has 3 aliphatic rings. The zero-order chi connectivity index (χ0) is 66.6. The molecule has 2 amide bonds. The van der Waals surface area contributed by atoms with Gasteiger partial charge in [0.05, 0.1) is 67.2 Å². The van der Waals surface area contributed by atoms with Gasteiger partial charge in [0, 0.05) is 55.4 Å². The highest BCUT2D eigenvalue weighted by Crippen LogP contribution is 2.47. The van der Waals surface area contributed by atoms with Crippen LogP contribution >= 0.6 is 0 Å². The summed E-state index contributed by atoms with van der Waals surface area (Å²) in [7, 11) is 0. The second-order valence-corrected chi connectivity index (χ2v) is 19.5. The first-order valence-corrected chi connectivity index (χ1v) is 24.9. The number of H-pyrrole nitrogens is 3. The lowest BCUT2D eigenvalue weighted by Gasteiger charge is -2.12. The van der Waals surface area contributed by atoms with Crippen molar-refractivity contribution < 1.29 is 119 Å². The Balaban J connectivity index is 1.39. The summed E-state index contributed by atoms with van der Waals surface area (Å²) in [4.78, 5) is 39.3. The van der Waals surface area contributed by atoms with Gasteiger partial charge in [-0.2, -0.15) is 0 Å². The monoisotopic (exact) mass is 1310 g/mol. The van der Waals surface area contributed by atoms with Gasteiger partial charge in [0.15, 0.2) is 116 Å². The Hall–Kier alpha value is -11.0. The summed E-state index contributed by atoms with van der Waals surface area (Å²) in [5.74, 6) is -74.0. The lowest BCUT2D eigenvalue weighted by Crippen LogP contribution is -2.11. The highest BCUT2D eigenvalue weighted by molar-refractivity contribution is 6.19. The van der Waals surface area contributed by atoms with Gasteiger partial charge in [0.25, 0.3) is 11.8 Å². The molecule has 468 valence electrons. The lowest BCUT2D eigenvalue weighted by molar-refractivity contribution is 0.102. The number of anilines is 2. The normalized spacial score (nSPS) is 12.6. The van der Waals surface area contributed by atoms with E-state index in [9.17, 15) is 31.5 Å². The number of aromatic amines is 3. The molecule has 92 heavy (non-hydrogen) atoms. The van der Waals surface area contributed by atoms with Crippen molar-refractivity contribution in [2.75, 3.05) is 10.6 Å². The quantitative estimate of drug-likeness (QED) is 0.0671. The SMILES string of the molecule is O=C1Nc2cc1c(-c1c(F)c(F)c(F)c(F)c1F)c1nc(c3ccc([nH]3)c(-c3c(F)c(F)c(F)c(F)c3F)c3cc(c(-c4c(F)c(F)c(F)c(F)c4F)c4ccc([nH]4)c(-c4c(F)c(F)c(F)c(F)c4F)c4ccc([nH]4)c2-c2c(F)c(F)c(F)c(F)c2F)C(=O)N3)C=C1. The molecular formula is C59H15F25N6O2. The van der Waals surface area contributed by atoms with Crippen molar-refractivity contribution in [2.24, 2.45) is 0 Å². The van der Waals surface area contributed by atoms with Crippen LogP contribution in [0.4, 0.5) is 121 Å². The van der Waals surface area contributed by atoms with Gasteiger partial charge in [-0.1, -0.05) is 0 Å². The van der Waals surface area contributed by atoms with Crippen LogP contribution in [0.25, 0.3) is 101 Å². The number of nitrogens with one attached hydrogen (secondary N) is 5. The van der Waals surface area contributed by atoms with E-state index >= 15 is 87.8 Å². The predicted octanol–water partition coefficient (Wildman–Crippen LogP) is 17.9. The molecule has 12 bridgehead atoms. The maximum atomic E-state index is 16.4. The molecule has 5 N–H and O–H groups in total. The Labute approximate surface area is 489 Å². The average molecular weight is 1310 g/mol. The van der Waals surface area contributed by atoms with Crippen molar-refractivity contribution >= 4 is 68.4 Å². The van der Waals surface area contributed by atoms with Gasteiger partial charge in [-0.05, 0) is 60.7 Å². The fraction of sp³-hybridized carbons (Fsp3) is 0. The summed E-state index contributed by atoms with van der Waals surface area (Å²) >= 11 is 0. The summed E-state index contributed by atoms with van der Waals surface area (Å²) in [5, 5.41) is 3.67. The summed E-state index contributed by atoms with van der Waals surface area (Å²) < 4.78 is 390. The average Bonchev–Trinajstić information content (AvgIpc) is 1.54. The van der Waals surface area contributed by atoms with Crippen molar-refractivity contribution in [1.29, 1.82) is 0 Å². The summed E-state index contributed by atoms with van der Waals surface area (Å²) in [6.45, 7) is 0. The minimum Gasteiger partial charge on any atom is -0.354 e. The fourth-order valence-corrected chi connectivity index (χ4v) is 10.4. The first-order chi connectivity index (χ1) is 43.4. The number of halogens is 25. The van der Waals surface area contributed by atoms with Crippen LogP contribution in [0.5, 0.6) is 0 Å². The van der Waals surface area contributed by atoms with Gasteiger partial charge >= 0.3 is 0 Å². The molecule has 5 aromatic carbocycles. The molecule has 8 nitrogen and oxygen atoms in total. The Morgan fingerprint density at radius 2 is 0.446 bits per heavy atom. The van der Waals surface area contributed by atoms with E-state index in [1.807, 2.05) is 10.6 Å². The molecule has 0 unspecified atom stereocenters. The fourth-order valence-electron chi connectivity index (χ4n) is 10.4. The molecule has 0 aliphatic carbocycles. The second kappa shape index (κ2) is 21.6. The zero-order valence-corrected chi connectivity index (χ0v) is 43.5. The van der Waals surface area contributed by atoms with Crippen LogP contribution in [-0.2, 0) is 0 Å². The van der Waals surface area contributed by atoms with Crippen LogP contribution in [0.2, 0.25) is 0 Å². The van der Waals surface area contributed by atoms with Crippen molar-refractivity contribution in [3.8, 4) is 55.6 Å². The number of aromatic nitrogens is 4. The van der Waals surface area contributed by atoms with Crippen LogP contribution in [0, 0.1) is 145 Å². The van der Waals surface area contributed by atoms with Gasteiger partial charge in [0.2, 0.25) is 29.1 Å². The summed E-state index contributed by atoms with van der Waals surface area (Å²) in [6, 6.07) is 3.49. The smallest absolute Gasteiger partial charge is 0.256 e. The molecule has 3 aliphatic heterocycles. The first-order valence-electron chi connectivity index (χ1n) is 24.9. The number of hydrogen-bond donors (Lipinski definition) is 5. The second-order valence-electron chi connectivity index (χ2n) is 19.5. The highest BCUT2D eigenvalue weighted by atomic mass is 19.2. The third-order valence-corrected chi connectivity index (χ3v) is 14.5. The topological polar surface area (TPSA) is 118 Å². The number of rotatable bonds is 5. The Bertz CT molecular complexity index is 5160.